The minimum absolute atomic E-state index is 0.0444. The second-order valence-corrected chi connectivity index (χ2v) is 6.17. The molecule has 7 nitrogen and oxygen atoms in total. The highest BCUT2D eigenvalue weighted by Gasteiger charge is 2.29. The van der Waals surface area contributed by atoms with Gasteiger partial charge in [-0.3, -0.25) is 19.2 Å². The lowest BCUT2D eigenvalue weighted by Crippen LogP contribution is -2.42. The SMILES string of the molecule is Cc1cnc2c(c1)NC(=O)CN2C(=O)c1cnn(CC(C)C)c1. The van der Waals surface area contributed by atoms with Gasteiger partial charge in [0.05, 0.1) is 17.4 Å². The van der Waals surface area contributed by atoms with Crippen molar-refractivity contribution in [2.45, 2.75) is 27.3 Å². The van der Waals surface area contributed by atoms with Crippen LogP contribution in [0.1, 0.15) is 29.8 Å². The molecule has 0 aliphatic carbocycles. The van der Waals surface area contributed by atoms with Gasteiger partial charge in [0, 0.05) is 18.9 Å². The highest BCUT2D eigenvalue weighted by Crippen LogP contribution is 2.28. The average molecular weight is 313 g/mol. The molecule has 3 heterocycles. The highest BCUT2D eigenvalue weighted by atomic mass is 16.2. The van der Waals surface area contributed by atoms with Gasteiger partial charge in [-0.25, -0.2) is 4.98 Å². The van der Waals surface area contributed by atoms with Crippen molar-refractivity contribution in [3.8, 4) is 0 Å². The van der Waals surface area contributed by atoms with Crippen LogP contribution in [0.5, 0.6) is 0 Å². The fourth-order valence-electron chi connectivity index (χ4n) is 2.55. The number of rotatable bonds is 3. The molecule has 0 radical (unpaired) electrons. The lowest BCUT2D eigenvalue weighted by Gasteiger charge is -2.27. The Morgan fingerprint density at radius 2 is 2.17 bits per heavy atom. The molecule has 0 unspecified atom stereocenters. The van der Waals surface area contributed by atoms with E-state index in [1.165, 1.54) is 11.1 Å². The molecule has 1 aliphatic rings. The van der Waals surface area contributed by atoms with E-state index in [1.807, 2.05) is 13.0 Å². The van der Waals surface area contributed by atoms with Crippen LogP contribution in [0, 0.1) is 12.8 Å². The zero-order chi connectivity index (χ0) is 16.6. The number of nitrogens with zero attached hydrogens (tertiary/aromatic N) is 4. The Bertz CT molecular complexity index is 766. The Kier molecular flexibility index (Phi) is 3.85. The molecule has 120 valence electrons. The molecule has 0 atom stereocenters. The Morgan fingerprint density at radius 3 is 2.91 bits per heavy atom. The Balaban J connectivity index is 1.91. The molecular formula is C16H19N5O2. The van der Waals surface area contributed by atoms with Crippen LogP contribution >= 0.6 is 0 Å². The van der Waals surface area contributed by atoms with E-state index in [0.717, 1.165) is 12.1 Å². The summed E-state index contributed by atoms with van der Waals surface area (Å²) in [7, 11) is 0. The van der Waals surface area contributed by atoms with Crippen LogP contribution in [0.4, 0.5) is 11.5 Å². The van der Waals surface area contributed by atoms with Gasteiger partial charge in [-0.15, -0.1) is 0 Å². The monoisotopic (exact) mass is 313 g/mol. The minimum Gasteiger partial charge on any atom is -0.321 e. The first kappa shape index (κ1) is 15.2. The van der Waals surface area contributed by atoms with E-state index in [4.69, 9.17) is 0 Å². The van der Waals surface area contributed by atoms with Gasteiger partial charge in [0.2, 0.25) is 5.91 Å². The van der Waals surface area contributed by atoms with Crippen LogP contribution in [-0.4, -0.2) is 33.1 Å². The molecule has 0 spiro atoms. The van der Waals surface area contributed by atoms with Crippen LogP contribution < -0.4 is 10.2 Å². The molecule has 2 aromatic rings. The van der Waals surface area contributed by atoms with Crippen molar-refractivity contribution < 1.29 is 9.59 Å². The fourth-order valence-corrected chi connectivity index (χ4v) is 2.55. The number of fused-ring (bicyclic) bond motifs is 1. The third-order valence-corrected chi connectivity index (χ3v) is 3.51. The molecule has 0 fully saturated rings. The van der Waals surface area contributed by atoms with E-state index in [9.17, 15) is 9.59 Å². The summed E-state index contributed by atoms with van der Waals surface area (Å²) in [4.78, 5) is 30.3. The van der Waals surface area contributed by atoms with E-state index in [-0.39, 0.29) is 18.4 Å². The topological polar surface area (TPSA) is 80.1 Å². The lowest BCUT2D eigenvalue weighted by molar-refractivity contribution is -0.115. The van der Waals surface area contributed by atoms with Crippen molar-refractivity contribution in [3.05, 3.63) is 35.8 Å². The summed E-state index contributed by atoms with van der Waals surface area (Å²) in [6, 6.07) is 1.81. The Hall–Kier alpha value is -2.70. The number of pyridine rings is 1. The summed E-state index contributed by atoms with van der Waals surface area (Å²) in [5.74, 6) is 0.404. The molecule has 7 heteroatoms. The summed E-state index contributed by atoms with van der Waals surface area (Å²) in [6.07, 6.45) is 4.92. The first-order valence-electron chi connectivity index (χ1n) is 7.55. The molecule has 3 rings (SSSR count). The molecule has 0 saturated heterocycles. The van der Waals surface area contributed by atoms with Gasteiger partial charge >= 0.3 is 0 Å². The van der Waals surface area contributed by atoms with Crippen molar-refractivity contribution in [1.29, 1.82) is 0 Å². The second-order valence-electron chi connectivity index (χ2n) is 6.17. The Labute approximate surface area is 134 Å². The van der Waals surface area contributed by atoms with Crippen molar-refractivity contribution in [1.82, 2.24) is 14.8 Å². The maximum absolute atomic E-state index is 12.7. The quantitative estimate of drug-likeness (QED) is 0.937. The summed E-state index contributed by atoms with van der Waals surface area (Å²) in [6.45, 7) is 6.75. The molecular weight excluding hydrogens is 294 g/mol. The van der Waals surface area contributed by atoms with Crippen LogP contribution in [0.2, 0.25) is 0 Å². The predicted molar refractivity (Wildman–Crippen MR) is 86.3 cm³/mol. The molecule has 2 aromatic heterocycles. The van der Waals surface area contributed by atoms with E-state index in [0.29, 0.717) is 23.0 Å². The minimum atomic E-state index is -0.271. The zero-order valence-corrected chi connectivity index (χ0v) is 13.4. The average Bonchev–Trinajstić information content (AvgIpc) is 2.92. The van der Waals surface area contributed by atoms with Gasteiger partial charge in [0.1, 0.15) is 6.54 Å². The molecule has 2 amide bonds. The number of hydrogen-bond acceptors (Lipinski definition) is 4. The number of carbonyl (C=O) groups is 2. The van der Waals surface area contributed by atoms with Gasteiger partial charge in [0.25, 0.3) is 5.91 Å². The van der Waals surface area contributed by atoms with Gasteiger partial charge in [-0.1, -0.05) is 13.8 Å². The van der Waals surface area contributed by atoms with E-state index >= 15 is 0 Å². The first-order valence-corrected chi connectivity index (χ1v) is 7.55. The van der Waals surface area contributed by atoms with E-state index in [1.54, 1.807) is 17.1 Å². The van der Waals surface area contributed by atoms with Gasteiger partial charge in [-0.05, 0) is 24.5 Å². The number of carbonyl (C=O) groups excluding carboxylic acids is 2. The van der Waals surface area contributed by atoms with E-state index in [2.05, 4.69) is 29.2 Å². The van der Waals surface area contributed by atoms with Crippen LogP contribution in [0.25, 0.3) is 0 Å². The number of hydrogen-bond donors (Lipinski definition) is 1. The number of aryl methyl sites for hydroxylation is 1. The number of aromatic nitrogens is 3. The number of amides is 2. The fraction of sp³-hybridized carbons (Fsp3) is 0.375. The van der Waals surface area contributed by atoms with Gasteiger partial charge in [0.15, 0.2) is 5.82 Å². The van der Waals surface area contributed by atoms with Crippen molar-refractivity contribution in [2.24, 2.45) is 5.92 Å². The maximum atomic E-state index is 12.7. The highest BCUT2D eigenvalue weighted by molar-refractivity contribution is 6.14. The van der Waals surface area contributed by atoms with Crippen molar-refractivity contribution in [3.63, 3.8) is 0 Å². The molecule has 0 bridgehead atoms. The van der Waals surface area contributed by atoms with Crippen LogP contribution in [-0.2, 0) is 11.3 Å². The second kappa shape index (κ2) is 5.83. The smallest absolute Gasteiger partial charge is 0.263 e. The normalized spacial score (nSPS) is 13.9. The molecule has 0 aromatic carbocycles. The summed E-state index contributed by atoms with van der Waals surface area (Å²) < 4.78 is 1.74. The Morgan fingerprint density at radius 1 is 1.39 bits per heavy atom. The molecule has 1 aliphatic heterocycles. The van der Waals surface area contributed by atoms with Crippen LogP contribution in [0.15, 0.2) is 24.7 Å². The molecule has 1 N–H and O–H groups in total. The summed E-state index contributed by atoms with van der Waals surface area (Å²) >= 11 is 0. The standard InChI is InChI=1S/C16H19N5O2/c1-10(2)7-20-8-12(6-18-20)16(23)21-9-14(22)19-13-4-11(3)5-17-15(13)21/h4-6,8,10H,7,9H2,1-3H3,(H,19,22). The van der Waals surface area contributed by atoms with Gasteiger partial charge in [-0.2, -0.15) is 5.10 Å². The summed E-state index contributed by atoms with van der Waals surface area (Å²) in [5.41, 5.74) is 1.93. The van der Waals surface area contributed by atoms with Crippen molar-refractivity contribution >= 4 is 23.3 Å². The molecule has 23 heavy (non-hydrogen) atoms. The first-order chi connectivity index (χ1) is 10.9. The third-order valence-electron chi connectivity index (χ3n) is 3.51. The zero-order valence-electron chi connectivity index (χ0n) is 13.4. The largest absolute Gasteiger partial charge is 0.321 e. The van der Waals surface area contributed by atoms with Crippen molar-refractivity contribution in [2.75, 3.05) is 16.8 Å². The lowest BCUT2D eigenvalue weighted by atomic mass is 10.2. The van der Waals surface area contributed by atoms with Crippen LogP contribution in [0.3, 0.4) is 0 Å². The number of anilines is 2. The molecule has 0 saturated carbocycles. The van der Waals surface area contributed by atoms with Gasteiger partial charge < -0.3 is 5.32 Å². The summed E-state index contributed by atoms with van der Waals surface area (Å²) in [5, 5.41) is 6.96. The van der Waals surface area contributed by atoms with E-state index < -0.39 is 0 Å². The predicted octanol–water partition coefficient (Wildman–Crippen LogP) is 1.84. The maximum Gasteiger partial charge on any atom is 0.263 e. The number of nitrogens with one attached hydrogen (secondary N) is 1. The third kappa shape index (κ3) is 3.08.